The van der Waals surface area contributed by atoms with Gasteiger partial charge in [-0.3, -0.25) is 0 Å². The molecule has 2 N–H and O–H groups in total. The van der Waals surface area contributed by atoms with E-state index in [0.29, 0.717) is 11.5 Å². The number of nitrogens with one attached hydrogen (secondary N) is 1. The summed E-state index contributed by atoms with van der Waals surface area (Å²) in [5.74, 6) is 0.739. The number of phenolic OH excluding ortho intramolecular Hbond substituents is 1. The Bertz CT molecular complexity index is 1110. The molecule has 0 aliphatic carbocycles. The van der Waals surface area contributed by atoms with E-state index in [9.17, 15) is 5.11 Å². The fourth-order valence-electron chi connectivity index (χ4n) is 2.83. The zero-order valence-electron chi connectivity index (χ0n) is 14.2. The van der Waals surface area contributed by atoms with E-state index in [4.69, 9.17) is 11.6 Å². The summed E-state index contributed by atoms with van der Waals surface area (Å²) in [7, 11) is 0. The summed E-state index contributed by atoms with van der Waals surface area (Å²) in [6.45, 7) is 4.03. The second kappa shape index (κ2) is 6.59. The Morgan fingerprint density at radius 3 is 2.50 bits per heavy atom. The summed E-state index contributed by atoms with van der Waals surface area (Å²) in [5.41, 5.74) is 4.95. The lowest BCUT2D eigenvalue weighted by molar-refractivity contribution is 0.477. The monoisotopic (exact) mass is 381 g/mol. The Morgan fingerprint density at radius 1 is 1.00 bits per heavy atom. The van der Waals surface area contributed by atoms with E-state index in [-0.39, 0.29) is 11.0 Å². The lowest BCUT2D eigenvalue weighted by atomic mass is 10.0. The second-order valence-electron chi connectivity index (χ2n) is 6.18. The van der Waals surface area contributed by atoms with E-state index in [1.54, 1.807) is 6.07 Å². The molecule has 0 unspecified atom stereocenters. The molecule has 0 aliphatic heterocycles. The highest BCUT2D eigenvalue weighted by atomic mass is 35.5. The number of phenols is 1. The van der Waals surface area contributed by atoms with Gasteiger partial charge >= 0.3 is 0 Å². The summed E-state index contributed by atoms with van der Waals surface area (Å²) in [6, 6.07) is 13.7. The number of fused-ring (bicyclic) bond motifs is 1. The SMILES string of the molecule is Cc1ccc(-c2csc3nc(Cl)nc(Nc4cc(C)ccc4O)c23)cc1. The first-order valence-corrected chi connectivity index (χ1v) is 9.35. The number of thiophene rings is 1. The van der Waals surface area contributed by atoms with Gasteiger partial charge in [0.2, 0.25) is 5.28 Å². The third-order valence-corrected chi connectivity index (χ3v) is 5.22. The van der Waals surface area contributed by atoms with Gasteiger partial charge in [0.05, 0.1) is 11.1 Å². The predicted octanol–water partition coefficient (Wildman–Crippen LogP) is 6.08. The Kier molecular flexibility index (Phi) is 4.26. The van der Waals surface area contributed by atoms with Crippen molar-refractivity contribution in [3.8, 4) is 16.9 Å². The van der Waals surface area contributed by atoms with Gasteiger partial charge in [0.25, 0.3) is 0 Å². The van der Waals surface area contributed by atoms with Crippen molar-refractivity contribution in [3.63, 3.8) is 0 Å². The largest absolute Gasteiger partial charge is 0.506 e. The van der Waals surface area contributed by atoms with Crippen LogP contribution in [-0.4, -0.2) is 15.1 Å². The molecular formula is C20H16ClN3OS. The zero-order valence-corrected chi connectivity index (χ0v) is 15.8. The molecule has 0 fully saturated rings. The molecule has 0 amide bonds. The Hall–Kier alpha value is -2.63. The molecule has 0 atom stereocenters. The number of rotatable bonds is 3. The molecule has 130 valence electrons. The first-order valence-electron chi connectivity index (χ1n) is 8.09. The first kappa shape index (κ1) is 16.8. The second-order valence-corrected chi connectivity index (χ2v) is 7.38. The van der Waals surface area contributed by atoms with Gasteiger partial charge < -0.3 is 10.4 Å². The molecule has 0 aliphatic rings. The Labute approximate surface area is 160 Å². The number of hydrogen-bond donors (Lipinski definition) is 2. The molecule has 2 aromatic carbocycles. The van der Waals surface area contributed by atoms with Crippen LogP contribution < -0.4 is 5.32 Å². The van der Waals surface area contributed by atoms with E-state index in [1.165, 1.54) is 16.9 Å². The Balaban J connectivity index is 1.89. The van der Waals surface area contributed by atoms with Crippen LogP contribution in [0.25, 0.3) is 21.3 Å². The number of anilines is 2. The fraction of sp³-hybridized carbons (Fsp3) is 0.100. The summed E-state index contributed by atoms with van der Waals surface area (Å²) >= 11 is 7.64. The number of aromatic nitrogens is 2. The molecule has 4 rings (SSSR count). The number of nitrogens with zero attached hydrogens (tertiary/aromatic N) is 2. The third kappa shape index (κ3) is 3.11. The van der Waals surface area contributed by atoms with Crippen LogP contribution in [0.2, 0.25) is 5.28 Å². The lowest BCUT2D eigenvalue weighted by Gasteiger charge is -2.11. The molecule has 6 heteroatoms. The molecule has 0 saturated heterocycles. The highest BCUT2D eigenvalue weighted by Crippen LogP contribution is 2.39. The summed E-state index contributed by atoms with van der Waals surface area (Å²) in [6.07, 6.45) is 0. The van der Waals surface area contributed by atoms with Crippen LogP contribution in [-0.2, 0) is 0 Å². The standard InChI is InChI=1S/C20H16ClN3OS/c1-11-3-6-13(7-4-11)14-10-26-19-17(14)18(23-20(21)24-19)22-15-9-12(2)5-8-16(15)25/h3-10,25H,1-2H3,(H,22,23,24). The molecule has 4 aromatic rings. The first-order chi connectivity index (χ1) is 12.5. The van der Waals surface area contributed by atoms with Crippen molar-refractivity contribution in [3.05, 3.63) is 64.3 Å². The number of aryl methyl sites for hydroxylation is 2. The summed E-state index contributed by atoms with van der Waals surface area (Å²) in [5, 5.41) is 16.5. The lowest BCUT2D eigenvalue weighted by Crippen LogP contribution is -1.97. The van der Waals surface area contributed by atoms with Crippen molar-refractivity contribution in [2.45, 2.75) is 13.8 Å². The van der Waals surface area contributed by atoms with Gasteiger partial charge in [-0.25, -0.2) is 4.98 Å². The van der Waals surface area contributed by atoms with E-state index >= 15 is 0 Å². The number of halogens is 1. The number of benzene rings is 2. The van der Waals surface area contributed by atoms with Gasteiger partial charge in [0.1, 0.15) is 16.4 Å². The molecule has 0 bridgehead atoms. The smallest absolute Gasteiger partial charge is 0.225 e. The van der Waals surface area contributed by atoms with Crippen LogP contribution in [0.5, 0.6) is 5.75 Å². The topological polar surface area (TPSA) is 58.0 Å². The van der Waals surface area contributed by atoms with Crippen LogP contribution in [0.1, 0.15) is 11.1 Å². The molecule has 0 radical (unpaired) electrons. The van der Waals surface area contributed by atoms with E-state index < -0.39 is 0 Å². The highest BCUT2D eigenvalue weighted by Gasteiger charge is 2.16. The van der Waals surface area contributed by atoms with Gasteiger partial charge in [-0.1, -0.05) is 35.9 Å². The molecule has 2 heterocycles. The van der Waals surface area contributed by atoms with Crippen LogP contribution in [0.3, 0.4) is 0 Å². The van der Waals surface area contributed by atoms with Crippen molar-refractivity contribution in [2.75, 3.05) is 5.32 Å². The maximum Gasteiger partial charge on any atom is 0.225 e. The molecule has 2 aromatic heterocycles. The van der Waals surface area contributed by atoms with Crippen LogP contribution in [0.4, 0.5) is 11.5 Å². The predicted molar refractivity (Wildman–Crippen MR) is 109 cm³/mol. The molecule has 0 saturated carbocycles. The average molecular weight is 382 g/mol. The Morgan fingerprint density at radius 2 is 1.73 bits per heavy atom. The van der Waals surface area contributed by atoms with Crippen molar-refractivity contribution in [1.82, 2.24) is 9.97 Å². The summed E-state index contributed by atoms with van der Waals surface area (Å²) in [4.78, 5) is 9.54. The van der Waals surface area contributed by atoms with Gasteiger partial charge in [-0.05, 0) is 48.7 Å². The molecule has 26 heavy (non-hydrogen) atoms. The van der Waals surface area contributed by atoms with Crippen molar-refractivity contribution < 1.29 is 5.11 Å². The minimum Gasteiger partial charge on any atom is -0.506 e. The van der Waals surface area contributed by atoms with Gasteiger partial charge in [0, 0.05) is 10.9 Å². The fourth-order valence-corrected chi connectivity index (χ4v) is 4.00. The van der Waals surface area contributed by atoms with Crippen molar-refractivity contribution in [2.24, 2.45) is 0 Å². The van der Waals surface area contributed by atoms with Crippen molar-refractivity contribution in [1.29, 1.82) is 0 Å². The molecule has 0 spiro atoms. The van der Waals surface area contributed by atoms with Gasteiger partial charge in [-0.15, -0.1) is 11.3 Å². The minimum absolute atomic E-state index is 0.158. The van der Waals surface area contributed by atoms with Gasteiger partial charge in [-0.2, -0.15) is 4.98 Å². The molecular weight excluding hydrogens is 366 g/mol. The van der Waals surface area contributed by atoms with Crippen LogP contribution >= 0.6 is 22.9 Å². The maximum absolute atomic E-state index is 10.2. The normalized spacial score (nSPS) is 11.0. The zero-order chi connectivity index (χ0) is 18.3. The molecule has 4 nitrogen and oxygen atoms in total. The van der Waals surface area contributed by atoms with E-state index in [0.717, 1.165) is 26.9 Å². The quantitative estimate of drug-likeness (QED) is 0.333. The van der Waals surface area contributed by atoms with Crippen LogP contribution in [0, 0.1) is 13.8 Å². The van der Waals surface area contributed by atoms with E-state index in [2.05, 4.69) is 51.9 Å². The van der Waals surface area contributed by atoms with E-state index in [1.807, 2.05) is 19.1 Å². The van der Waals surface area contributed by atoms with Crippen LogP contribution in [0.15, 0.2) is 47.8 Å². The number of hydrogen-bond acceptors (Lipinski definition) is 5. The average Bonchev–Trinajstić information content (AvgIpc) is 3.02. The maximum atomic E-state index is 10.2. The number of aromatic hydroxyl groups is 1. The van der Waals surface area contributed by atoms with Crippen molar-refractivity contribution >= 4 is 44.7 Å². The minimum atomic E-state index is 0.158. The summed E-state index contributed by atoms with van der Waals surface area (Å²) < 4.78 is 0. The highest BCUT2D eigenvalue weighted by molar-refractivity contribution is 7.17. The third-order valence-electron chi connectivity index (χ3n) is 4.17. The van der Waals surface area contributed by atoms with Gasteiger partial charge in [0.15, 0.2) is 0 Å².